The molecule has 1 aromatic carbocycles. The number of rotatable bonds is 5. The first kappa shape index (κ1) is 18.4. The Morgan fingerprint density at radius 2 is 1.80 bits per heavy atom. The molecule has 1 aromatic rings. The van der Waals surface area contributed by atoms with Gasteiger partial charge in [0, 0.05) is 26.2 Å². The number of carbonyl (C=O) groups is 1. The van der Waals surface area contributed by atoms with Crippen LogP contribution in [0.3, 0.4) is 0 Å². The number of aliphatic hydroxyl groups excluding tert-OH is 1. The molecule has 138 valence electrons. The number of piperidine rings is 1. The molecule has 1 saturated carbocycles. The Kier molecular flexibility index (Phi) is 6.10. The number of hydrogen-bond acceptors (Lipinski definition) is 4. The first-order valence-electron chi connectivity index (χ1n) is 9.61. The van der Waals surface area contributed by atoms with E-state index in [1.807, 2.05) is 12.1 Å². The highest BCUT2D eigenvalue weighted by molar-refractivity contribution is 5.86. The van der Waals surface area contributed by atoms with E-state index in [0.717, 1.165) is 63.7 Å². The van der Waals surface area contributed by atoms with E-state index in [4.69, 9.17) is 5.73 Å². The van der Waals surface area contributed by atoms with Crippen molar-refractivity contribution in [1.29, 1.82) is 0 Å². The zero-order valence-corrected chi connectivity index (χ0v) is 15.0. The van der Waals surface area contributed by atoms with Crippen molar-refractivity contribution < 1.29 is 9.90 Å². The van der Waals surface area contributed by atoms with Crippen molar-refractivity contribution >= 4 is 5.91 Å². The van der Waals surface area contributed by atoms with E-state index in [9.17, 15) is 9.90 Å². The number of likely N-dealkylation sites (tertiary alicyclic amines) is 1. The van der Waals surface area contributed by atoms with Gasteiger partial charge < -0.3 is 16.2 Å². The number of amides is 1. The van der Waals surface area contributed by atoms with Gasteiger partial charge in [0.05, 0.1) is 11.6 Å². The number of benzene rings is 1. The molecular weight excluding hydrogens is 314 g/mol. The zero-order valence-electron chi connectivity index (χ0n) is 15.0. The highest BCUT2D eigenvalue weighted by Crippen LogP contribution is 2.26. The second kappa shape index (κ2) is 8.30. The molecule has 4 N–H and O–H groups in total. The van der Waals surface area contributed by atoms with Gasteiger partial charge in [-0.15, -0.1) is 0 Å². The molecule has 3 rings (SSSR count). The first-order chi connectivity index (χ1) is 12.1. The molecule has 1 amide bonds. The molecule has 0 bridgehead atoms. The van der Waals surface area contributed by atoms with Crippen molar-refractivity contribution in [1.82, 2.24) is 10.2 Å². The molecule has 1 saturated heterocycles. The Bertz CT molecular complexity index is 576. The second-order valence-corrected chi connectivity index (χ2v) is 7.68. The van der Waals surface area contributed by atoms with E-state index < -0.39 is 5.54 Å². The summed E-state index contributed by atoms with van der Waals surface area (Å²) < 4.78 is 0. The number of carbonyl (C=O) groups excluding carboxylic acids is 1. The molecule has 0 radical (unpaired) electrons. The van der Waals surface area contributed by atoms with E-state index >= 15 is 0 Å². The van der Waals surface area contributed by atoms with Gasteiger partial charge in [-0.1, -0.05) is 43.5 Å². The third kappa shape index (κ3) is 4.81. The van der Waals surface area contributed by atoms with Crippen LogP contribution in [0.4, 0.5) is 0 Å². The summed E-state index contributed by atoms with van der Waals surface area (Å²) in [5, 5.41) is 12.7. The van der Waals surface area contributed by atoms with Crippen molar-refractivity contribution in [3.8, 4) is 0 Å². The lowest BCUT2D eigenvalue weighted by Crippen LogP contribution is -2.54. The summed E-state index contributed by atoms with van der Waals surface area (Å²) in [6.45, 7) is 3.25. The molecule has 1 heterocycles. The van der Waals surface area contributed by atoms with Gasteiger partial charge in [0.25, 0.3) is 0 Å². The molecule has 0 atom stereocenters. The van der Waals surface area contributed by atoms with Gasteiger partial charge >= 0.3 is 0 Å². The molecule has 1 aliphatic heterocycles. The summed E-state index contributed by atoms with van der Waals surface area (Å²) in [6.07, 6.45) is 6.38. The summed E-state index contributed by atoms with van der Waals surface area (Å²) in [7, 11) is 0. The van der Waals surface area contributed by atoms with Gasteiger partial charge in [-0.25, -0.2) is 0 Å². The smallest absolute Gasteiger partial charge is 0.240 e. The van der Waals surface area contributed by atoms with Crippen LogP contribution < -0.4 is 11.1 Å². The van der Waals surface area contributed by atoms with Crippen LogP contribution in [0, 0.1) is 0 Å². The summed E-state index contributed by atoms with van der Waals surface area (Å²) >= 11 is 0. The largest absolute Gasteiger partial charge is 0.393 e. The van der Waals surface area contributed by atoms with Gasteiger partial charge in [-0.05, 0) is 36.8 Å². The topological polar surface area (TPSA) is 78.6 Å². The Hall–Kier alpha value is -1.43. The second-order valence-electron chi connectivity index (χ2n) is 7.68. The molecule has 5 heteroatoms. The summed E-state index contributed by atoms with van der Waals surface area (Å²) in [5.74, 6) is -0.0110. The number of nitrogens with one attached hydrogen (secondary N) is 1. The fourth-order valence-corrected chi connectivity index (χ4v) is 3.96. The fraction of sp³-hybridized carbons (Fsp3) is 0.650. The van der Waals surface area contributed by atoms with Gasteiger partial charge in [-0.3, -0.25) is 9.69 Å². The maximum atomic E-state index is 12.6. The van der Waals surface area contributed by atoms with Crippen LogP contribution in [0.5, 0.6) is 0 Å². The molecule has 0 unspecified atom stereocenters. The average molecular weight is 345 g/mol. The predicted octanol–water partition coefficient (Wildman–Crippen LogP) is 1.92. The number of hydrogen-bond donors (Lipinski definition) is 3. The fourth-order valence-electron chi connectivity index (χ4n) is 3.96. The zero-order chi connectivity index (χ0) is 17.7. The maximum absolute atomic E-state index is 12.6. The van der Waals surface area contributed by atoms with E-state index in [1.165, 1.54) is 12.0 Å². The van der Waals surface area contributed by atoms with Crippen LogP contribution >= 0.6 is 0 Å². The number of nitrogens with two attached hydrogens (primary N) is 1. The van der Waals surface area contributed by atoms with Crippen LogP contribution in [0.2, 0.25) is 0 Å². The van der Waals surface area contributed by atoms with Crippen molar-refractivity contribution in [2.24, 2.45) is 5.73 Å². The molecule has 0 aromatic heterocycles. The van der Waals surface area contributed by atoms with Crippen LogP contribution in [0.15, 0.2) is 24.3 Å². The molecule has 5 nitrogen and oxygen atoms in total. The molecule has 2 fully saturated rings. The Labute approximate surface area is 150 Å². The minimum Gasteiger partial charge on any atom is -0.393 e. The van der Waals surface area contributed by atoms with Gasteiger partial charge in [-0.2, -0.15) is 0 Å². The van der Waals surface area contributed by atoms with E-state index in [0.29, 0.717) is 6.54 Å². The van der Waals surface area contributed by atoms with Gasteiger partial charge in [0.2, 0.25) is 5.91 Å². The van der Waals surface area contributed by atoms with Crippen LogP contribution in [-0.2, 0) is 17.9 Å². The highest BCUT2D eigenvalue weighted by atomic mass is 16.3. The SMILES string of the molecule is NC1(C(=O)NCc2ccccc2CN2CCC(O)CC2)CCCCC1. The third-order valence-corrected chi connectivity index (χ3v) is 5.71. The Balaban J connectivity index is 1.58. The van der Waals surface area contributed by atoms with Crippen molar-refractivity contribution in [3.05, 3.63) is 35.4 Å². The van der Waals surface area contributed by atoms with Crippen LogP contribution in [0.25, 0.3) is 0 Å². The van der Waals surface area contributed by atoms with Crippen molar-refractivity contribution in [2.45, 2.75) is 69.7 Å². The maximum Gasteiger partial charge on any atom is 0.240 e. The third-order valence-electron chi connectivity index (χ3n) is 5.71. The van der Waals surface area contributed by atoms with Crippen molar-refractivity contribution in [2.75, 3.05) is 13.1 Å². The van der Waals surface area contributed by atoms with E-state index in [1.54, 1.807) is 0 Å². The lowest BCUT2D eigenvalue weighted by atomic mass is 9.82. The molecule has 0 spiro atoms. The minimum absolute atomic E-state index is 0.0110. The summed E-state index contributed by atoms with van der Waals surface area (Å²) in [6, 6.07) is 8.28. The predicted molar refractivity (Wildman–Crippen MR) is 98.8 cm³/mol. The van der Waals surface area contributed by atoms with E-state index in [-0.39, 0.29) is 12.0 Å². The number of aliphatic hydroxyl groups is 1. The first-order valence-corrected chi connectivity index (χ1v) is 9.61. The van der Waals surface area contributed by atoms with Gasteiger partial charge in [0.1, 0.15) is 0 Å². The van der Waals surface area contributed by atoms with Crippen LogP contribution in [0.1, 0.15) is 56.1 Å². The summed E-state index contributed by atoms with van der Waals surface area (Å²) in [4.78, 5) is 14.9. The van der Waals surface area contributed by atoms with Crippen molar-refractivity contribution in [3.63, 3.8) is 0 Å². The highest BCUT2D eigenvalue weighted by Gasteiger charge is 2.35. The molecular formula is C20H31N3O2. The summed E-state index contributed by atoms with van der Waals surface area (Å²) in [5.41, 5.74) is 8.04. The lowest BCUT2D eigenvalue weighted by molar-refractivity contribution is -0.127. The molecule has 25 heavy (non-hydrogen) atoms. The standard InChI is InChI=1S/C20H31N3O2/c21-20(10-4-1-5-11-20)19(25)22-14-16-6-2-3-7-17(16)15-23-12-8-18(24)9-13-23/h2-3,6-7,18,24H,1,4-5,8-15,21H2,(H,22,25). The Morgan fingerprint density at radius 3 is 2.48 bits per heavy atom. The number of nitrogens with zero attached hydrogens (tertiary/aromatic N) is 1. The quantitative estimate of drug-likeness (QED) is 0.762. The normalized spacial score (nSPS) is 21.8. The Morgan fingerprint density at radius 1 is 1.16 bits per heavy atom. The lowest BCUT2D eigenvalue weighted by Gasteiger charge is -2.32. The minimum atomic E-state index is -0.684. The monoisotopic (exact) mass is 345 g/mol. The van der Waals surface area contributed by atoms with E-state index in [2.05, 4.69) is 22.3 Å². The van der Waals surface area contributed by atoms with Gasteiger partial charge in [0.15, 0.2) is 0 Å². The average Bonchev–Trinajstić information content (AvgIpc) is 2.63. The molecule has 1 aliphatic carbocycles. The van der Waals surface area contributed by atoms with Crippen LogP contribution in [-0.4, -0.2) is 40.6 Å². The molecule has 2 aliphatic rings.